The number of carbonyl (C=O) groups is 1. The van der Waals surface area contributed by atoms with Crippen molar-refractivity contribution < 1.29 is 4.79 Å². The summed E-state index contributed by atoms with van der Waals surface area (Å²) in [6.07, 6.45) is 0. The minimum atomic E-state index is -0.0649. The Morgan fingerprint density at radius 2 is 1.95 bits per heavy atom. The second-order valence-corrected chi connectivity index (χ2v) is 5.50. The van der Waals surface area contributed by atoms with Gasteiger partial charge in [-0.3, -0.25) is 4.79 Å². The van der Waals surface area contributed by atoms with Crippen LogP contribution >= 0.6 is 23.4 Å². The van der Waals surface area contributed by atoms with Gasteiger partial charge < -0.3 is 0 Å². The maximum Gasteiger partial charge on any atom is 0.177 e. The number of benzene rings is 2. The molecule has 0 aromatic heterocycles. The van der Waals surface area contributed by atoms with Crippen LogP contribution in [-0.4, -0.2) is 11.7 Å². The van der Waals surface area contributed by atoms with Crippen LogP contribution in [0.1, 0.15) is 21.5 Å². The molecule has 0 heterocycles. The molecule has 0 aliphatic rings. The second-order valence-electron chi connectivity index (χ2n) is 4.18. The zero-order valence-corrected chi connectivity index (χ0v) is 12.2. The summed E-state index contributed by atoms with van der Waals surface area (Å²) in [5, 5.41) is 8.85. The van der Waals surface area contributed by atoms with Crippen molar-refractivity contribution in [3.8, 4) is 6.07 Å². The third-order valence-corrected chi connectivity index (χ3v) is 4.09. The van der Waals surface area contributed by atoms with E-state index in [2.05, 4.69) is 6.07 Å². The highest BCUT2D eigenvalue weighted by atomic mass is 35.5. The molecule has 0 saturated carbocycles. The van der Waals surface area contributed by atoms with Crippen molar-refractivity contribution in [1.82, 2.24) is 0 Å². The standard InChI is InChI=1S/C16H12ClNOS/c17-9-16(19)14-4-6-15(7-5-14)20-11-13-3-1-2-12(8-13)10-18/h1-8H,9,11H2. The predicted octanol–water partition coefficient (Wildman–Crippen LogP) is 4.27. The van der Waals surface area contributed by atoms with Gasteiger partial charge in [0, 0.05) is 16.2 Å². The lowest BCUT2D eigenvalue weighted by Gasteiger charge is -2.03. The maximum atomic E-state index is 11.4. The summed E-state index contributed by atoms with van der Waals surface area (Å²) in [4.78, 5) is 12.5. The summed E-state index contributed by atoms with van der Waals surface area (Å²) in [6, 6.07) is 17.1. The summed E-state index contributed by atoms with van der Waals surface area (Å²) in [5.74, 6) is 0.733. The average Bonchev–Trinajstić information content (AvgIpc) is 2.53. The lowest BCUT2D eigenvalue weighted by Crippen LogP contribution is -1.99. The first kappa shape index (κ1) is 14.6. The lowest BCUT2D eigenvalue weighted by atomic mass is 10.1. The fraction of sp³-hybridized carbons (Fsp3) is 0.125. The minimum absolute atomic E-state index is 0.00738. The molecule has 0 unspecified atom stereocenters. The Morgan fingerprint density at radius 1 is 1.20 bits per heavy atom. The SMILES string of the molecule is N#Cc1cccc(CSc2ccc(C(=O)CCl)cc2)c1. The van der Waals surface area contributed by atoms with Crippen LogP contribution in [0.15, 0.2) is 53.4 Å². The summed E-state index contributed by atoms with van der Waals surface area (Å²) >= 11 is 7.18. The van der Waals surface area contributed by atoms with E-state index in [4.69, 9.17) is 16.9 Å². The van der Waals surface area contributed by atoms with Crippen LogP contribution in [0, 0.1) is 11.3 Å². The number of hydrogen-bond acceptors (Lipinski definition) is 3. The molecule has 0 N–H and O–H groups in total. The third kappa shape index (κ3) is 3.86. The largest absolute Gasteiger partial charge is 0.293 e. The first-order valence-corrected chi connectivity index (χ1v) is 7.56. The molecule has 4 heteroatoms. The van der Waals surface area contributed by atoms with Crippen molar-refractivity contribution in [2.45, 2.75) is 10.6 Å². The monoisotopic (exact) mass is 301 g/mol. The zero-order valence-electron chi connectivity index (χ0n) is 10.7. The van der Waals surface area contributed by atoms with Crippen molar-refractivity contribution in [2.24, 2.45) is 0 Å². The molecule has 0 aliphatic carbocycles. The molecule has 2 aromatic rings. The van der Waals surface area contributed by atoms with E-state index in [1.54, 1.807) is 30.0 Å². The van der Waals surface area contributed by atoms with E-state index in [9.17, 15) is 4.79 Å². The predicted molar refractivity (Wildman–Crippen MR) is 82.2 cm³/mol. The minimum Gasteiger partial charge on any atom is -0.293 e. The number of nitrogens with zero attached hydrogens (tertiary/aromatic N) is 1. The first-order chi connectivity index (χ1) is 9.72. The van der Waals surface area contributed by atoms with Crippen molar-refractivity contribution in [3.63, 3.8) is 0 Å². The number of thioether (sulfide) groups is 1. The average molecular weight is 302 g/mol. The molecule has 0 saturated heterocycles. The van der Waals surface area contributed by atoms with Crippen LogP contribution in [-0.2, 0) is 5.75 Å². The molecular formula is C16H12ClNOS. The zero-order chi connectivity index (χ0) is 14.4. The third-order valence-electron chi connectivity index (χ3n) is 2.76. The Morgan fingerprint density at radius 3 is 2.60 bits per heavy atom. The molecule has 100 valence electrons. The van der Waals surface area contributed by atoms with Crippen molar-refractivity contribution in [3.05, 3.63) is 65.2 Å². The molecule has 20 heavy (non-hydrogen) atoms. The van der Waals surface area contributed by atoms with Crippen LogP contribution in [0.3, 0.4) is 0 Å². The molecule has 2 rings (SSSR count). The number of carbonyl (C=O) groups excluding carboxylic acids is 1. The number of halogens is 1. The van der Waals surface area contributed by atoms with E-state index in [1.807, 2.05) is 30.3 Å². The van der Waals surface area contributed by atoms with Gasteiger partial charge in [0.2, 0.25) is 0 Å². The number of rotatable bonds is 5. The summed E-state index contributed by atoms with van der Waals surface area (Å²) in [6.45, 7) is 0. The summed E-state index contributed by atoms with van der Waals surface area (Å²) < 4.78 is 0. The van der Waals surface area contributed by atoms with E-state index < -0.39 is 0 Å². The van der Waals surface area contributed by atoms with Gasteiger partial charge in [0.25, 0.3) is 0 Å². The van der Waals surface area contributed by atoms with E-state index in [0.29, 0.717) is 11.1 Å². The Balaban J connectivity index is 2.00. The summed E-state index contributed by atoms with van der Waals surface area (Å²) in [7, 11) is 0. The fourth-order valence-electron chi connectivity index (χ4n) is 1.71. The Kier molecular flexibility index (Phi) is 5.23. The lowest BCUT2D eigenvalue weighted by molar-refractivity contribution is 0.102. The molecular weight excluding hydrogens is 290 g/mol. The van der Waals surface area contributed by atoms with Crippen LogP contribution in [0.25, 0.3) is 0 Å². The smallest absolute Gasteiger partial charge is 0.177 e. The topological polar surface area (TPSA) is 40.9 Å². The normalized spacial score (nSPS) is 10.0. The van der Waals surface area contributed by atoms with Gasteiger partial charge in [0.05, 0.1) is 17.5 Å². The van der Waals surface area contributed by atoms with E-state index >= 15 is 0 Å². The summed E-state index contributed by atoms with van der Waals surface area (Å²) in [5.41, 5.74) is 2.41. The van der Waals surface area contributed by atoms with Gasteiger partial charge in [0.15, 0.2) is 5.78 Å². The molecule has 0 fully saturated rings. The second kappa shape index (κ2) is 7.14. The van der Waals surface area contributed by atoms with Gasteiger partial charge in [-0.1, -0.05) is 24.3 Å². The molecule has 0 bridgehead atoms. The van der Waals surface area contributed by atoms with Crippen LogP contribution in [0.2, 0.25) is 0 Å². The van der Waals surface area contributed by atoms with Crippen LogP contribution < -0.4 is 0 Å². The van der Waals surface area contributed by atoms with E-state index in [0.717, 1.165) is 16.2 Å². The van der Waals surface area contributed by atoms with E-state index in [1.165, 1.54) is 0 Å². The molecule has 0 radical (unpaired) electrons. The van der Waals surface area contributed by atoms with Crippen LogP contribution in [0.4, 0.5) is 0 Å². The van der Waals surface area contributed by atoms with Gasteiger partial charge in [0.1, 0.15) is 0 Å². The molecule has 2 nitrogen and oxygen atoms in total. The van der Waals surface area contributed by atoms with Crippen molar-refractivity contribution in [2.75, 3.05) is 5.88 Å². The number of nitriles is 1. The van der Waals surface area contributed by atoms with Gasteiger partial charge in [-0.25, -0.2) is 0 Å². The highest BCUT2D eigenvalue weighted by Gasteiger charge is 2.04. The molecule has 0 aliphatic heterocycles. The highest BCUT2D eigenvalue weighted by Crippen LogP contribution is 2.23. The highest BCUT2D eigenvalue weighted by molar-refractivity contribution is 7.98. The molecule has 0 spiro atoms. The van der Waals surface area contributed by atoms with Gasteiger partial charge in [-0.2, -0.15) is 5.26 Å². The Hall–Kier alpha value is -1.76. The van der Waals surface area contributed by atoms with Gasteiger partial charge >= 0.3 is 0 Å². The number of alkyl halides is 1. The van der Waals surface area contributed by atoms with E-state index in [-0.39, 0.29) is 11.7 Å². The molecule has 0 amide bonds. The first-order valence-electron chi connectivity index (χ1n) is 6.04. The maximum absolute atomic E-state index is 11.4. The van der Waals surface area contributed by atoms with Crippen LogP contribution in [0.5, 0.6) is 0 Å². The molecule has 2 aromatic carbocycles. The van der Waals surface area contributed by atoms with Gasteiger partial charge in [-0.05, 0) is 29.8 Å². The molecule has 0 atom stereocenters. The Bertz CT molecular complexity index is 646. The van der Waals surface area contributed by atoms with Crippen molar-refractivity contribution in [1.29, 1.82) is 5.26 Å². The quantitative estimate of drug-likeness (QED) is 0.470. The fourth-order valence-corrected chi connectivity index (χ4v) is 2.71. The number of ketones is 1. The van der Waals surface area contributed by atoms with Gasteiger partial charge in [-0.15, -0.1) is 23.4 Å². The number of Topliss-reactive ketones (excluding diaryl/α,β-unsaturated/α-hetero) is 1. The van der Waals surface area contributed by atoms with Crippen molar-refractivity contribution >= 4 is 29.1 Å². The Labute approximate surface area is 127 Å². The number of hydrogen-bond donors (Lipinski definition) is 0.